The molecular weight excluding hydrogens is 398 g/mol. The molecule has 1 unspecified atom stereocenters. The quantitative estimate of drug-likeness (QED) is 0.737. The van der Waals surface area contributed by atoms with Crippen LogP contribution in [0.1, 0.15) is 5.56 Å². The Bertz CT molecular complexity index is 605. The molecule has 3 nitrogen and oxygen atoms in total. The first-order valence-electron chi connectivity index (χ1n) is 6.61. The summed E-state index contributed by atoms with van der Waals surface area (Å²) in [7, 11) is 0. The SMILES string of the molecule is Cc1c(Br)cccc1NCC(O)COc1cccc(Br)c1. The normalized spacial score (nSPS) is 12.0. The highest BCUT2D eigenvalue weighted by atomic mass is 79.9. The number of nitrogens with one attached hydrogen (secondary N) is 1. The first-order valence-corrected chi connectivity index (χ1v) is 8.20. The van der Waals surface area contributed by atoms with Gasteiger partial charge in [0, 0.05) is 21.2 Å². The first-order chi connectivity index (χ1) is 10.1. The van der Waals surface area contributed by atoms with Crippen LogP contribution in [0.5, 0.6) is 5.75 Å². The molecule has 0 radical (unpaired) electrons. The predicted octanol–water partition coefficient (Wildman–Crippen LogP) is 4.37. The van der Waals surface area contributed by atoms with Crippen molar-refractivity contribution in [2.75, 3.05) is 18.5 Å². The molecule has 0 saturated carbocycles. The van der Waals surface area contributed by atoms with Crippen LogP contribution in [-0.2, 0) is 0 Å². The summed E-state index contributed by atoms with van der Waals surface area (Å²) in [5.74, 6) is 0.738. The van der Waals surface area contributed by atoms with Crippen LogP contribution in [0.4, 0.5) is 5.69 Å². The Morgan fingerprint density at radius 2 is 1.95 bits per heavy atom. The Hall–Kier alpha value is -1.04. The summed E-state index contributed by atoms with van der Waals surface area (Å²) < 4.78 is 7.57. The number of aliphatic hydroxyl groups excluding tert-OH is 1. The van der Waals surface area contributed by atoms with Gasteiger partial charge in [-0.05, 0) is 42.8 Å². The Labute approximate surface area is 141 Å². The first kappa shape index (κ1) is 16.3. The lowest BCUT2D eigenvalue weighted by Gasteiger charge is -2.16. The van der Waals surface area contributed by atoms with E-state index >= 15 is 0 Å². The van der Waals surface area contributed by atoms with Gasteiger partial charge in [-0.3, -0.25) is 0 Å². The van der Waals surface area contributed by atoms with E-state index in [4.69, 9.17) is 4.74 Å². The number of halogens is 2. The monoisotopic (exact) mass is 413 g/mol. The summed E-state index contributed by atoms with van der Waals surface area (Å²) >= 11 is 6.88. The second kappa shape index (κ2) is 7.82. The van der Waals surface area contributed by atoms with Crippen LogP contribution in [-0.4, -0.2) is 24.4 Å². The number of rotatable bonds is 6. The molecule has 0 bridgehead atoms. The molecule has 5 heteroatoms. The highest BCUT2D eigenvalue weighted by Crippen LogP contribution is 2.23. The third kappa shape index (κ3) is 5.02. The average Bonchev–Trinajstić information content (AvgIpc) is 2.47. The van der Waals surface area contributed by atoms with Crippen LogP contribution in [0.15, 0.2) is 51.4 Å². The molecule has 0 heterocycles. The molecule has 2 aromatic carbocycles. The largest absolute Gasteiger partial charge is 0.491 e. The van der Waals surface area contributed by atoms with Gasteiger partial charge in [-0.15, -0.1) is 0 Å². The fraction of sp³-hybridized carbons (Fsp3) is 0.250. The van der Waals surface area contributed by atoms with Crippen LogP contribution < -0.4 is 10.1 Å². The van der Waals surface area contributed by atoms with Crippen molar-refractivity contribution in [3.8, 4) is 5.75 Å². The van der Waals surface area contributed by atoms with E-state index in [1.54, 1.807) is 0 Å². The third-order valence-corrected chi connectivity index (χ3v) is 4.39. The number of anilines is 1. The van der Waals surface area contributed by atoms with Crippen molar-refractivity contribution in [2.45, 2.75) is 13.0 Å². The van der Waals surface area contributed by atoms with Crippen LogP contribution in [0.2, 0.25) is 0 Å². The summed E-state index contributed by atoms with van der Waals surface area (Å²) in [6.07, 6.45) is -0.581. The maximum atomic E-state index is 9.99. The standard InChI is InChI=1S/C16H17Br2NO2/c1-11-15(18)6-3-7-16(11)19-9-13(20)10-21-14-5-2-4-12(17)8-14/h2-8,13,19-20H,9-10H2,1H3. The Kier molecular flexibility index (Phi) is 6.08. The Morgan fingerprint density at radius 1 is 1.19 bits per heavy atom. The second-order valence-electron chi connectivity index (χ2n) is 4.72. The van der Waals surface area contributed by atoms with Gasteiger partial charge in [0.1, 0.15) is 18.5 Å². The highest BCUT2D eigenvalue weighted by Gasteiger charge is 2.07. The van der Waals surface area contributed by atoms with Gasteiger partial charge >= 0.3 is 0 Å². The highest BCUT2D eigenvalue weighted by molar-refractivity contribution is 9.10. The summed E-state index contributed by atoms with van der Waals surface area (Å²) in [5, 5.41) is 13.2. The fourth-order valence-electron chi connectivity index (χ4n) is 1.83. The van der Waals surface area contributed by atoms with Gasteiger partial charge in [-0.1, -0.05) is 44.0 Å². The van der Waals surface area contributed by atoms with Crippen molar-refractivity contribution in [1.29, 1.82) is 0 Å². The summed E-state index contributed by atoms with van der Waals surface area (Å²) in [6, 6.07) is 13.5. The molecule has 21 heavy (non-hydrogen) atoms. The molecule has 112 valence electrons. The number of aliphatic hydroxyl groups is 1. The van der Waals surface area contributed by atoms with E-state index in [-0.39, 0.29) is 6.61 Å². The van der Waals surface area contributed by atoms with E-state index in [2.05, 4.69) is 37.2 Å². The van der Waals surface area contributed by atoms with Crippen LogP contribution in [0, 0.1) is 6.92 Å². The zero-order valence-electron chi connectivity index (χ0n) is 11.6. The van der Waals surface area contributed by atoms with Crippen molar-refractivity contribution in [1.82, 2.24) is 0 Å². The Morgan fingerprint density at radius 3 is 2.71 bits per heavy atom. The van der Waals surface area contributed by atoms with Crippen molar-refractivity contribution in [3.05, 3.63) is 57.0 Å². The van der Waals surface area contributed by atoms with Crippen molar-refractivity contribution < 1.29 is 9.84 Å². The van der Waals surface area contributed by atoms with Gasteiger partial charge in [0.15, 0.2) is 0 Å². The van der Waals surface area contributed by atoms with Crippen LogP contribution in [0.25, 0.3) is 0 Å². The molecular formula is C16H17Br2NO2. The van der Waals surface area contributed by atoms with E-state index in [0.29, 0.717) is 6.54 Å². The van der Waals surface area contributed by atoms with E-state index in [0.717, 1.165) is 25.9 Å². The molecule has 2 N–H and O–H groups in total. The lowest BCUT2D eigenvalue weighted by Crippen LogP contribution is -2.26. The van der Waals surface area contributed by atoms with E-state index in [9.17, 15) is 5.11 Å². The van der Waals surface area contributed by atoms with E-state index < -0.39 is 6.10 Å². The number of hydrogen-bond acceptors (Lipinski definition) is 3. The minimum atomic E-state index is -0.581. The number of benzene rings is 2. The van der Waals surface area contributed by atoms with Gasteiger partial charge in [0.25, 0.3) is 0 Å². The molecule has 0 fully saturated rings. The van der Waals surface area contributed by atoms with Gasteiger partial charge < -0.3 is 15.2 Å². The van der Waals surface area contributed by atoms with E-state index in [1.165, 1.54) is 0 Å². The molecule has 2 rings (SSSR count). The zero-order chi connectivity index (χ0) is 15.2. The number of hydrogen-bond donors (Lipinski definition) is 2. The lowest BCUT2D eigenvalue weighted by molar-refractivity contribution is 0.117. The summed E-state index contributed by atoms with van der Waals surface area (Å²) in [4.78, 5) is 0. The molecule has 0 spiro atoms. The summed E-state index contributed by atoms with van der Waals surface area (Å²) in [5.41, 5.74) is 2.13. The number of ether oxygens (including phenoxy) is 1. The van der Waals surface area contributed by atoms with Crippen molar-refractivity contribution in [2.24, 2.45) is 0 Å². The van der Waals surface area contributed by atoms with Crippen molar-refractivity contribution in [3.63, 3.8) is 0 Å². The maximum Gasteiger partial charge on any atom is 0.120 e. The van der Waals surface area contributed by atoms with E-state index in [1.807, 2.05) is 49.4 Å². The minimum absolute atomic E-state index is 0.247. The molecule has 2 aromatic rings. The maximum absolute atomic E-state index is 9.99. The van der Waals surface area contributed by atoms with Crippen molar-refractivity contribution >= 4 is 37.5 Å². The average molecular weight is 415 g/mol. The van der Waals surface area contributed by atoms with Gasteiger partial charge in [0.2, 0.25) is 0 Å². The smallest absolute Gasteiger partial charge is 0.120 e. The minimum Gasteiger partial charge on any atom is -0.491 e. The third-order valence-electron chi connectivity index (χ3n) is 3.03. The van der Waals surface area contributed by atoms with Crippen LogP contribution >= 0.6 is 31.9 Å². The molecule has 0 saturated heterocycles. The second-order valence-corrected chi connectivity index (χ2v) is 6.49. The predicted molar refractivity (Wildman–Crippen MR) is 93.0 cm³/mol. The van der Waals surface area contributed by atoms with Gasteiger partial charge in [-0.25, -0.2) is 0 Å². The molecule has 1 atom stereocenters. The van der Waals surface area contributed by atoms with Gasteiger partial charge in [-0.2, -0.15) is 0 Å². The van der Waals surface area contributed by atoms with Crippen LogP contribution in [0.3, 0.4) is 0 Å². The topological polar surface area (TPSA) is 41.5 Å². The summed E-state index contributed by atoms with van der Waals surface area (Å²) in [6.45, 7) is 2.71. The fourth-order valence-corrected chi connectivity index (χ4v) is 2.58. The molecule has 0 amide bonds. The molecule has 0 aliphatic rings. The van der Waals surface area contributed by atoms with Gasteiger partial charge in [0.05, 0.1) is 0 Å². The molecule has 0 aliphatic heterocycles. The zero-order valence-corrected chi connectivity index (χ0v) is 14.8. The Balaban J connectivity index is 1.82. The molecule has 0 aromatic heterocycles. The lowest BCUT2D eigenvalue weighted by atomic mass is 10.2. The molecule has 0 aliphatic carbocycles.